The van der Waals surface area contributed by atoms with Crippen LogP contribution in [0.2, 0.25) is 0 Å². The number of fused-ring (bicyclic) bond motifs is 1. The number of aliphatic imine (C=N–C) groups is 1. The Balaban J connectivity index is 1.69. The van der Waals surface area contributed by atoms with Crippen molar-refractivity contribution in [3.8, 4) is 0 Å². The number of hydrogen-bond donors (Lipinski definition) is 0. The highest BCUT2D eigenvalue weighted by atomic mass is 32.2. The van der Waals surface area contributed by atoms with Gasteiger partial charge in [0.2, 0.25) is 5.91 Å². The van der Waals surface area contributed by atoms with Crippen molar-refractivity contribution < 1.29 is 4.79 Å². The average Bonchev–Trinajstić information content (AvgIpc) is 2.72. The molecule has 0 saturated heterocycles. The van der Waals surface area contributed by atoms with Crippen molar-refractivity contribution in [1.82, 2.24) is 5.01 Å². The van der Waals surface area contributed by atoms with Gasteiger partial charge in [-0.1, -0.05) is 42.1 Å². The van der Waals surface area contributed by atoms with E-state index in [-0.39, 0.29) is 5.91 Å². The topological polar surface area (TPSA) is 45.0 Å². The minimum atomic E-state index is -0.0347. The van der Waals surface area contributed by atoms with Gasteiger partial charge in [-0.3, -0.25) is 4.79 Å². The molecule has 0 radical (unpaired) electrons. The number of thioether (sulfide) groups is 2. The molecular formula is C14H15N3OS2. The highest BCUT2D eigenvalue weighted by Crippen LogP contribution is 2.37. The maximum atomic E-state index is 11.5. The Bertz CT molecular complexity index is 571. The summed E-state index contributed by atoms with van der Waals surface area (Å²) >= 11 is 3.22. The predicted octanol–water partition coefficient (Wildman–Crippen LogP) is 3.48. The van der Waals surface area contributed by atoms with E-state index >= 15 is 0 Å². The first kappa shape index (κ1) is 13.7. The molecule has 1 aromatic carbocycles. The second-order valence-electron chi connectivity index (χ2n) is 4.65. The van der Waals surface area contributed by atoms with E-state index in [4.69, 9.17) is 0 Å². The second-order valence-corrected chi connectivity index (χ2v) is 7.20. The van der Waals surface area contributed by atoms with Gasteiger partial charge in [0.05, 0.1) is 0 Å². The fraction of sp³-hybridized carbons (Fsp3) is 0.357. The number of amides is 1. The maximum absolute atomic E-state index is 11.5. The lowest BCUT2D eigenvalue weighted by atomic mass is 10.2. The van der Waals surface area contributed by atoms with Crippen LogP contribution in [0.1, 0.15) is 30.6 Å². The van der Waals surface area contributed by atoms with Crippen LogP contribution in [0.5, 0.6) is 0 Å². The van der Waals surface area contributed by atoms with Crippen LogP contribution in [0.4, 0.5) is 0 Å². The molecule has 0 bridgehead atoms. The van der Waals surface area contributed by atoms with E-state index in [1.165, 1.54) is 17.3 Å². The summed E-state index contributed by atoms with van der Waals surface area (Å²) in [6.45, 7) is 2.95. The summed E-state index contributed by atoms with van der Waals surface area (Å²) in [5.74, 6) is -0.0347. The number of carbonyl (C=O) groups is 1. The van der Waals surface area contributed by atoms with Crippen LogP contribution in [0, 0.1) is 0 Å². The first-order chi connectivity index (χ1) is 9.72. The molecule has 104 valence electrons. The van der Waals surface area contributed by atoms with E-state index < -0.39 is 0 Å². The molecule has 3 rings (SSSR count). The van der Waals surface area contributed by atoms with Gasteiger partial charge in [0, 0.05) is 18.2 Å². The fourth-order valence-electron chi connectivity index (χ4n) is 2.05. The molecule has 1 amide bonds. The lowest BCUT2D eigenvalue weighted by Gasteiger charge is -2.10. The van der Waals surface area contributed by atoms with Gasteiger partial charge in [0.1, 0.15) is 0 Å². The van der Waals surface area contributed by atoms with E-state index in [2.05, 4.69) is 29.2 Å². The van der Waals surface area contributed by atoms with Crippen molar-refractivity contribution in [2.45, 2.75) is 25.0 Å². The summed E-state index contributed by atoms with van der Waals surface area (Å²) in [6, 6.07) is 10.4. The van der Waals surface area contributed by atoms with E-state index in [0.717, 1.165) is 22.5 Å². The number of nitrogens with zero attached hydrogens (tertiary/aromatic N) is 3. The lowest BCUT2D eigenvalue weighted by Crippen LogP contribution is -2.18. The Morgan fingerprint density at radius 1 is 1.35 bits per heavy atom. The Morgan fingerprint density at radius 3 is 2.95 bits per heavy atom. The molecule has 2 heterocycles. The molecule has 0 fully saturated rings. The van der Waals surface area contributed by atoms with E-state index in [9.17, 15) is 4.79 Å². The van der Waals surface area contributed by atoms with Crippen molar-refractivity contribution in [3.05, 3.63) is 35.9 Å². The number of carbonyl (C=O) groups excluding carboxylic acids is 1. The van der Waals surface area contributed by atoms with Crippen molar-refractivity contribution in [3.63, 3.8) is 0 Å². The van der Waals surface area contributed by atoms with Gasteiger partial charge >= 0.3 is 0 Å². The third kappa shape index (κ3) is 3.07. The largest absolute Gasteiger partial charge is 0.273 e. The van der Waals surface area contributed by atoms with Crippen LogP contribution >= 0.6 is 23.5 Å². The lowest BCUT2D eigenvalue weighted by molar-refractivity contribution is -0.117. The summed E-state index contributed by atoms with van der Waals surface area (Å²) in [7, 11) is 0. The maximum Gasteiger partial charge on any atom is 0.248 e. The van der Waals surface area contributed by atoms with Gasteiger partial charge in [-0.2, -0.15) is 10.1 Å². The molecule has 0 aliphatic carbocycles. The third-order valence-electron chi connectivity index (χ3n) is 3.13. The molecule has 0 N–H and O–H groups in total. The van der Waals surface area contributed by atoms with Crippen LogP contribution in [-0.4, -0.2) is 27.0 Å². The molecule has 0 aromatic heterocycles. The summed E-state index contributed by atoms with van der Waals surface area (Å²) in [5.41, 5.74) is 1.28. The van der Waals surface area contributed by atoms with Crippen molar-refractivity contribution in [2.24, 2.45) is 10.1 Å². The fourth-order valence-corrected chi connectivity index (χ4v) is 4.32. The van der Waals surface area contributed by atoms with Gasteiger partial charge in [0.15, 0.2) is 9.54 Å². The standard InChI is InChI=1S/C14H15N3OS2/c1-10(11-6-3-2-4-7-11)19-14-16-17-9-5-8-12(18)15-13(17)20-14/h2-4,6-7,10H,5,8-9H2,1H3. The molecule has 1 unspecified atom stereocenters. The van der Waals surface area contributed by atoms with Gasteiger partial charge in [-0.05, 0) is 30.7 Å². The van der Waals surface area contributed by atoms with Crippen LogP contribution in [0.25, 0.3) is 0 Å². The minimum Gasteiger partial charge on any atom is -0.273 e. The van der Waals surface area contributed by atoms with Gasteiger partial charge in [0.25, 0.3) is 0 Å². The quantitative estimate of drug-likeness (QED) is 0.839. The van der Waals surface area contributed by atoms with Crippen molar-refractivity contribution in [2.75, 3.05) is 6.54 Å². The minimum absolute atomic E-state index is 0.0347. The summed E-state index contributed by atoms with van der Waals surface area (Å²) in [4.78, 5) is 15.6. The zero-order valence-corrected chi connectivity index (χ0v) is 12.8. The molecule has 0 saturated carbocycles. The molecule has 20 heavy (non-hydrogen) atoms. The molecule has 2 aliphatic heterocycles. The molecule has 0 spiro atoms. The highest BCUT2D eigenvalue weighted by Gasteiger charge is 2.27. The summed E-state index contributed by atoms with van der Waals surface area (Å²) in [6.07, 6.45) is 1.35. The van der Waals surface area contributed by atoms with Crippen molar-refractivity contribution in [1.29, 1.82) is 0 Å². The number of benzene rings is 1. The van der Waals surface area contributed by atoms with Gasteiger partial charge in [-0.15, -0.1) is 0 Å². The van der Waals surface area contributed by atoms with Gasteiger partial charge in [-0.25, -0.2) is 5.01 Å². The first-order valence-electron chi connectivity index (χ1n) is 6.59. The molecular weight excluding hydrogens is 290 g/mol. The molecule has 4 nitrogen and oxygen atoms in total. The second kappa shape index (κ2) is 6.01. The third-order valence-corrected chi connectivity index (χ3v) is 5.32. The van der Waals surface area contributed by atoms with Crippen molar-refractivity contribution >= 4 is 39.0 Å². The van der Waals surface area contributed by atoms with Gasteiger partial charge < -0.3 is 0 Å². The van der Waals surface area contributed by atoms with Crippen LogP contribution in [0.3, 0.4) is 0 Å². The molecule has 2 aliphatic rings. The van der Waals surface area contributed by atoms with Crippen LogP contribution in [0.15, 0.2) is 40.4 Å². The number of rotatable bonds is 2. The Morgan fingerprint density at radius 2 is 2.15 bits per heavy atom. The number of amidine groups is 1. The smallest absolute Gasteiger partial charge is 0.248 e. The Kier molecular flexibility index (Phi) is 4.12. The SMILES string of the molecule is CC(SC1=NN2CCCC(=O)N=C2S1)c1ccccc1. The Labute approximate surface area is 126 Å². The van der Waals surface area contributed by atoms with Crippen LogP contribution < -0.4 is 0 Å². The summed E-state index contributed by atoms with van der Waals surface area (Å²) in [5, 5.41) is 7.49. The zero-order chi connectivity index (χ0) is 13.9. The predicted molar refractivity (Wildman–Crippen MR) is 85.9 cm³/mol. The summed E-state index contributed by atoms with van der Waals surface area (Å²) < 4.78 is 0.967. The highest BCUT2D eigenvalue weighted by molar-refractivity contribution is 8.45. The zero-order valence-electron chi connectivity index (χ0n) is 11.2. The normalized spacial score (nSPS) is 20.1. The van der Waals surface area contributed by atoms with E-state index in [1.54, 1.807) is 11.8 Å². The first-order valence-corrected chi connectivity index (χ1v) is 8.29. The van der Waals surface area contributed by atoms with Crippen LogP contribution in [-0.2, 0) is 4.79 Å². The molecule has 1 atom stereocenters. The molecule has 1 aromatic rings. The average molecular weight is 305 g/mol. The molecule has 6 heteroatoms. The van der Waals surface area contributed by atoms with E-state index in [1.807, 2.05) is 23.2 Å². The van der Waals surface area contributed by atoms with E-state index in [0.29, 0.717) is 11.7 Å². The monoisotopic (exact) mass is 305 g/mol. The number of hydrogen-bond acceptors (Lipinski definition) is 5. The number of hydrazone groups is 1. The Hall–Kier alpha value is -1.27.